The van der Waals surface area contributed by atoms with Crippen molar-refractivity contribution in [3.05, 3.63) is 42.6 Å². The van der Waals surface area contributed by atoms with Crippen LogP contribution in [0.3, 0.4) is 0 Å². The molecule has 2 N–H and O–H groups in total. The van der Waals surface area contributed by atoms with Gasteiger partial charge in [-0.05, 0) is 31.3 Å². The Morgan fingerprint density at radius 1 is 1.28 bits per heavy atom. The first-order valence-electron chi connectivity index (χ1n) is 5.26. The number of hydrogen-bond acceptors (Lipinski definition) is 5. The van der Waals surface area contributed by atoms with E-state index in [0.717, 1.165) is 5.69 Å². The van der Waals surface area contributed by atoms with Gasteiger partial charge in [-0.1, -0.05) is 0 Å². The smallest absolute Gasteiger partial charge is 0.240 e. The molecule has 0 radical (unpaired) electrons. The van der Waals surface area contributed by atoms with Crippen LogP contribution >= 0.6 is 0 Å². The van der Waals surface area contributed by atoms with Crippen LogP contribution in [0, 0.1) is 0 Å². The number of hydrogen-bond donors (Lipinski definition) is 2. The summed E-state index contributed by atoms with van der Waals surface area (Å²) in [6.07, 6.45) is 2.98. The molecule has 96 valence electrons. The van der Waals surface area contributed by atoms with Gasteiger partial charge in [0.15, 0.2) is 6.39 Å². The fraction of sp³-hybridized carbons (Fsp3) is 0.182. The van der Waals surface area contributed by atoms with Crippen LogP contribution in [-0.2, 0) is 16.6 Å². The third-order valence-electron chi connectivity index (χ3n) is 2.38. The Bertz CT molecular complexity index is 591. The summed E-state index contributed by atoms with van der Waals surface area (Å²) in [5.41, 5.74) is 0.807. The monoisotopic (exact) mass is 267 g/mol. The van der Waals surface area contributed by atoms with E-state index >= 15 is 0 Å². The molecular weight excluding hydrogens is 254 g/mol. The zero-order valence-electron chi connectivity index (χ0n) is 9.75. The first-order valence-corrected chi connectivity index (χ1v) is 6.75. The van der Waals surface area contributed by atoms with Crippen molar-refractivity contribution >= 4 is 15.7 Å². The van der Waals surface area contributed by atoms with Crippen LogP contribution in [0.1, 0.15) is 5.76 Å². The van der Waals surface area contributed by atoms with Gasteiger partial charge in [0.25, 0.3) is 0 Å². The number of oxazole rings is 1. The zero-order valence-corrected chi connectivity index (χ0v) is 10.6. The third kappa shape index (κ3) is 2.88. The van der Waals surface area contributed by atoms with Crippen molar-refractivity contribution < 1.29 is 12.8 Å². The van der Waals surface area contributed by atoms with Gasteiger partial charge < -0.3 is 9.73 Å². The topological polar surface area (TPSA) is 84.2 Å². The first-order chi connectivity index (χ1) is 8.62. The summed E-state index contributed by atoms with van der Waals surface area (Å²) >= 11 is 0. The van der Waals surface area contributed by atoms with Crippen LogP contribution in [0.15, 0.2) is 46.2 Å². The second-order valence-corrected chi connectivity index (χ2v) is 5.44. The number of benzene rings is 1. The quantitative estimate of drug-likeness (QED) is 0.850. The highest BCUT2D eigenvalue weighted by Gasteiger charge is 2.10. The Balaban J connectivity index is 2.04. The van der Waals surface area contributed by atoms with Crippen molar-refractivity contribution in [2.24, 2.45) is 0 Å². The van der Waals surface area contributed by atoms with E-state index in [2.05, 4.69) is 15.0 Å². The summed E-state index contributed by atoms with van der Waals surface area (Å²) < 4.78 is 30.3. The Morgan fingerprint density at radius 3 is 2.56 bits per heavy atom. The Morgan fingerprint density at radius 2 is 2.00 bits per heavy atom. The van der Waals surface area contributed by atoms with Gasteiger partial charge >= 0.3 is 0 Å². The molecule has 18 heavy (non-hydrogen) atoms. The lowest BCUT2D eigenvalue weighted by atomic mass is 10.3. The van der Waals surface area contributed by atoms with E-state index in [0.29, 0.717) is 12.3 Å². The van der Waals surface area contributed by atoms with Crippen molar-refractivity contribution in [1.29, 1.82) is 0 Å². The number of nitrogens with one attached hydrogen (secondary N) is 2. The van der Waals surface area contributed by atoms with Crippen LogP contribution in [0.4, 0.5) is 5.69 Å². The number of rotatable bonds is 5. The van der Waals surface area contributed by atoms with Gasteiger partial charge in [-0.3, -0.25) is 0 Å². The fourth-order valence-electron chi connectivity index (χ4n) is 1.39. The lowest BCUT2D eigenvalue weighted by Gasteiger charge is -2.06. The van der Waals surface area contributed by atoms with Gasteiger partial charge in [-0.25, -0.2) is 18.1 Å². The van der Waals surface area contributed by atoms with Crippen molar-refractivity contribution in [2.75, 3.05) is 12.4 Å². The maximum atomic E-state index is 11.5. The molecule has 0 saturated heterocycles. The fourth-order valence-corrected chi connectivity index (χ4v) is 2.12. The molecule has 0 atom stereocenters. The normalized spacial score (nSPS) is 11.4. The third-order valence-corrected chi connectivity index (χ3v) is 3.81. The minimum absolute atomic E-state index is 0.232. The predicted octanol–water partition coefficient (Wildman–Crippen LogP) is 1.19. The largest absolute Gasteiger partial charge is 0.447 e. The van der Waals surface area contributed by atoms with E-state index in [1.54, 1.807) is 18.3 Å². The molecule has 6 nitrogen and oxygen atoms in total. The molecule has 0 amide bonds. The lowest BCUT2D eigenvalue weighted by molar-refractivity contribution is 0.511. The van der Waals surface area contributed by atoms with Crippen molar-refractivity contribution in [2.45, 2.75) is 11.4 Å². The molecule has 2 rings (SSSR count). The van der Waals surface area contributed by atoms with E-state index in [1.807, 2.05) is 0 Å². The summed E-state index contributed by atoms with van der Waals surface area (Å²) in [4.78, 5) is 4.03. The average molecular weight is 267 g/mol. The van der Waals surface area contributed by atoms with Gasteiger partial charge in [0.05, 0.1) is 17.6 Å². The van der Waals surface area contributed by atoms with Gasteiger partial charge in [0.1, 0.15) is 5.76 Å². The van der Waals surface area contributed by atoms with E-state index < -0.39 is 10.0 Å². The Kier molecular flexibility index (Phi) is 3.63. The highest BCUT2D eigenvalue weighted by molar-refractivity contribution is 7.89. The summed E-state index contributed by atoms with van der Waals surface area (Å²) in [5.74, 6) is 0.710. The Labute approximate surface area is 105 Å². The van der Waals surface area contributed by atoms with Gasteiger partial charge in [-0.2, -0.15) is 0 Å². The van der Waals surface area contributed by atoms with Gasteiger partial charge in [0.2, 0.25) is 10.0 Å². The van der Waals surface area contributed by atoms with Crippen molar-refractivity contribution in [3.63, 3.8) is 0 Å². The van der Waals surface area contributed by atoms with E-state index in [-0.39, 0.29) is 4.90 Å². The van der Waals surface area contributed by atoms with Crippen molar-refractivity contribution in [1.82, 2.24) is 9.71 Å². The molecule has 0 aliphatic carbocycles. The lowest BCUT2D eigenvalue weighted by Crippen LogP contribution is -2.18. The summed E-state index contributed by atoms with van der Waals surface area (Å²) in [6, 6.07) is 6.46. The SMILES string of the molecule is CNS(=O)(=O)c1ccc(NCc2cnco2)cc1. The molecule has 1 aromatic carbocycles. The van der Waals surface area contributed by atoms with E-state index in [1.165, 1.54) is 25.6 Å². The number of anilines is 1. The van der Waals surface area contributed by atoms with E-state index in [9.17, 15) is 8.42 Å². The van der Waals surface area contributed by atoms with Gasteiger partial charge in [0, 0.05) is 5.69 Å². The summed E-state index contributed by atoms with van der Waals surface area (Å²) in [5, 5.41) is 3.09. The highest BCUT2D eigenvalue weighted by atomic mass is 32.2. The van der Waals surface area contributed by atoms with Crippen LogP contribution in [0.5, 0.6) is 0 Å². The standard InChI is InChI=1S/C11H13N3O3S/c1-12-18(15,16)11-4-2-9(3-5-11)14-7-10-6-13-8-17-10/h2-6,8,12,14H,7H2,1H3. The summed E-state index contributed by atoms with van der Waals surface area (Å²) in [6.45, 7) is 0.498. The number of sulfonamides is 1. The second kappa shape index (κ2) is 5.19. The molecule has 0 spiro atoms. The molecule has 1 aromatic heterocycles. The molecule has 0 aliphatic rings. The predicted molar refractivity (Wildman–Crippen MR) is 66.5 cm³/mol. The molecule has 0 saturated carbocycles. The maximum Gasteiger partial charge on any atom is 0.240 e. The van der Waals surface area contributed by atoms with E-state index in [4.69, 9.17) is 4.42 Å². The molecular formula is C11H13N3O3S. The van der Waals surface area contributed by atoms with Gasteiger partial charge in [-0.15, -0.1) is 0 Å². The number of nitrogens with zero attached hydrogens (tertiary/aromatic N) is 1. The molecule has 0 bridgehead atoms. The van der Waals surface area contributed by atoms with Crippen LogP contribution in [-0.4, -0.2) is 20.4 Å². The molecule has 1 heterocycles. The summed E-state index contributed by atoms with van der Waals surface area (Å²) in [7, 11) is -2.00. The molecule has 0 unspecified atom stereocenters. The minimum Gasteiger partial charge on any atom is -0.447 e. The minimum atomic E-state index is -3.38. The first kappa shape index (κ1) is 12.6. The van der Waals surface area contributed by atoms with Crippen LogP contribution in [0.2, 0.25) is 0 Å². The molecule has 0 fully saturated rings. The Hall–Kier alpha value is -1.86. The average Bonchev–Trinajstić information content (AvgIpc) is 2.90. The number of aromatic nitrogens is 1. The van der Waals surface area contributed by atoms with Crippen LogP contribution < -0.4 is 10.0 Å². The van der Waals surface area contributed by atoms with Crippen molar-refractivity contribution in [3.8, 4) is 0 Å². The molecule has 0 aliphatic heterocycles. The second-order valence-electron chi connectivity index (χ2n) is 3.55. The highest BCUT2D eigenvalue weighted by Crippen LogP contribution is 2.14. The molecule has 7 heteroatoms. The zero-order chi connectivity index (χ0) is 13.0. The molecule has 2 aromatic rings. The maximum absolute atomic E-state index is 11.5. The van der Waals surface area contributed by atoms with Crippen LogP contribution in [0.25, 0.3) is 0 Å².